The lowest BCUT2D eigenvalue weighted by atomic mass is 9.94. The van der Waals surface area contributed by atoms with Crippen molar-refractivity contribution in [2.45, 2.75) is 76.9 Å². The average molecular weight is 478 g/mol. The lowest BCUT2D eigenvalue weighted by Crippen LogP contribution is -2.56. The van der Waals surface area contributed by atoms with Gasteiger partial charge >= 0.3 is 0 Å². The van der Waals surface area contributed by atoms with Gasteiger partial charge in [-0.15, -0.1) is 0 Å². The molecule has 2 aliphatic rings. The second-order valence-corrected chi connectivity index (χ2v) is 10.4. The zero-order chi connectivity index (χ0) is 24.0. The SMILES string of the molecule is CSCCC1COc2ccc([N+](=O)[O-])cc2C(=O)N1C(CC(C)C)C(=O)NC1CCCCC1. The minimum atomic E-state index is -0.653. The van der Waals surface area contributed by atoms with Gasteiger partial charge in [0.25, 0.3) is 11.6 Å². The molecule has 1 heterocycles. The number of carbonyl (C=O) groups excluding carboxylic acids is 2. The maximum atomic E-state index is 13.8. The summed E-state index contributed by atoms with van der Waals surface area (Å²) in [4.78, 5) is 39.9. The normalized spacial score (nSPS) is 20.1. The lowest BCUT2D eigenvalue weighted by molar-refractivity contribution is -0.384. The standard InChI is InChI=1S/C24H35N3O5S/c1-16(2)13-21(23(28)25-17-7-5-4-6-8-17)26-19(11-12-33-3)15-32-22-10-9-18(27(30)31)14-20(22)24(26)29/h9-10,14,16-17,19,21H,4-8,11-13,15H2,1-3H3,(H,25,28). The summed E-state index contributed by atoms with van der Waals surface area (Å²) in [6.07, 6.45) is 8.51. The topological polar surface area (TPSA) is 102 Å². The molecule has 1 saturated carbocycles. The quantitative estimate of drug-likeness (QED) is 0.417. The molecule has 1 fully saturated rings. The zero-order valence-electron chi connectivity index (χ0n) is 19.7. The van der Waals surface area contributed by atoms with E-state index in [9.17, 15) is 19.7 Å². The van der Waals surface area contributed by atoms with Gasteiger partial charge in [-0.25, -0.2) is 0 Å². The molecule has 1 aliphatic heterocycles. The number of hydrogen-bond donors (Lipinski definition) is 1. The number of rotatable bonds is 9. The Morgan fingerprint density at radius 1 is 1.30 bits per heavy atom. The largest absolute Gasteiger partial charge is 0.491 e. The van der Waals surface area contributed by atoms with Gasteiger partial charge in [0.05, 0.1) is 16.5 Å². The number of nitro groups is 1. The van der Waals surface area contributed by atoms with Gasteiger partial charge in [0.2, 0.25) is 5.91 Å². The predicted octanol–water partition coefficient (Wildman–Crippen LogP) is 4.41. The minimum Gasteiger partial charge on any atom is -0.491 e. The van der Waals surface area contributed by atoms with Crippen molar-refractivity contribution in [3.63, 3.8) is 0 Å². The van der Waals surface area contributed by atoms with E-state index < -0.39 is 11.0 Å². The molecule has 1 aromatic rings. The van der Waals surface area contributed by atoms with E-state index in [2.05, 4.69) is 5.32 Å². The molecule has 2 atom stereocenters. The number of benzene rings is 1. The Bertz CT molecular complexity index is 857. The molecule has 0 saturated heterocycles. The number of fused-ring (bicyclic) bond motifs is 1. The molecule has 2 unspecified atom stereocenters. The summed E-state index contributed by atoms with van der Waals surface area (Å²) >= 11 is 1.67. The predicted molar refractivity (Wildman–Crippen MR) is 130 cm³/mol. The smallest absolute Gasteiger partial charge is 0.270 e. The minimum absolute atomic E-state index is 0.132. The van der Waals surface area contributed by atoms with Crippen molar-refractivity contribution in [1.29, 1.82) is 0 Å². The number of nitro benzene ring substituents is 1. The number of thioether (sulfide) groups is 1. The second-order valence-electron chi connectivity index (χ2n) is 9.39. The fourth-order valence-electron chi connectivity index (χ4n) is 4.71. The van der Waals surface area contributed by atoms with Crippen LogP contribution < -0.4 is 10.1 Å². The summed E-state index contributed by atoms with van der Waals surface area (Å²) in [6, 6.07) is 3.29. The second kappa shape index (κ2) is 11.7. The van der Waals surface area contributed by atoms with Crippen molar-refractivity contribution in [1.82, 2.24) is 10.2 Å². The Hall–Kier alpha value is -2.29. The number of nitrogens with zero attached hydrogens (tertiary/aromatic N) is 2. The van der Waals surface area contributed by atoms with E-state index in [0.29, 0.717) is 18.6 Å². The van der Waals surface area contributed by atoms with Gasteiger partial charge in [-0.1, -0.05) is 33.1 Å². The van der Waals surface area contributed by atoms with Crippen molar-refractivity contribution in [2.24, 2.45) is 5.92 Å². The van der Waals surface area contributed by atoms with Crippen LogP contribution in [0, 0.1) is 16.0 Å². The first-order valence-electron chi connectivity index (χ1n) is 11.8. The first kappa shape index (κ1) is 25.3. The highest BCUT2D eigenvalue weighted by Gasteiger charge is 2.40. The molecule has 182 valence electrons. The number of carbonyl (C=O) groups is 2. The van der Waals surface area contributed by atoms with Gasteiger partial charge in [0, 0.05) is 18.2 Å². The number of amides is 2. The molecule has 2 amide bonds. The molecule has 1 aliphatic carbocycles. The van der Waals surface area contributed by atoms with Crippen LogP contribution in [0.4, 0.5) is 5.69 Å². The Kier molecular flexibility index (Phi) is 9.00. The Morgan fingerprint density at radius 3 is 2.67 bits per heavy atom. The van der Waals surface area contributed by atoms with Gasteiger partial charge in [0.15, 0.2) is 0 Å². The fourth-order valence-corrected chi connectivity index (χ4v) is 5.21. The van der Waals surface area contributed by atoms with Gasteiger partial charge in [-0.3, -0.25) is 19.7 Å². The fraction of sp³-hybridized carbons (Fsp3) is 0.667. The summed E-state index contributed by atoms with van der Waals surface area (Å²) in [5.41, 5.74) is -0.0182. The van der Waals surface area contributed by atoms with Crippen LogP contribution in [0.2, 0.25) is 0 Å². The number of hydrogen-bond acceptors (Lipinski definition) is 6. The van der Waals surface area contributed by atoms with E-state index in [1.54, 1.807) is 16.7 Å². The zero-order valence-corrected chi connectivity index (χ0v) is 20.6. The van der Waals surface area contributed by atoms with Crippen LogP contribution in [0.15, 0.2) is 18.2 Å². The number of ether oxygens (including phenoxy) is 1. The summed E-state index contributed by atoms with van der Waals surface area (Å²) in [7, 11) is 0. The molecule has 0 spiro atoms. The Morgan fingerprint density at radius 2 is 2.03 bits per heavy atom. The van der Waals surface area contributed by atoms with E-state index in [1.807, 2.05) is 20.1 Å². The molecule has 1 aromatic carbocycles. The molecule has 33 heavy (non-hydrogen) atoms. The van der Waals surface area contributed by atoms with E-state index in [4.69, 9.17) is 4.74 Å². The Balaban J connectivity index is 1.97. The molecule has 0 aromatic heterocycles. The van der Waals surface area contributed by atoms with E-state index in [1.165, 1.54) is 24.6 Å². The van der Waals surface area contributed by atoms with Gasteiger partial charge in [0.1, 0.15) is 18.4 Å². The van der Waals surface area contributed by atoms with Crippen LogP contribution in [-0.4, -0.2) is 58.4 Å². The third-order valence-electron chi connectivity index (χ3n) is 6.40. The number of nitrogens with one attached hydrogen (secondary N) is 1. The van der Waals surface area contributed by atoms with Crippen LogP contribution >= 0.6 is 11.8 Å². The van der Waals surface area contributed by atoms with Gasteiger partial charge in [-0.05, 0) is 49.7 Å². The third-order valence-corrected chi connectivity index (χ3v) is 7.05. The van der Waals surface area contributed by atoms with Crippen LogP contribution in [0.5, 0.6) is 5.75 Å². The molecule has 8 nitrogen and oxygen atoms in total. The maximum Gasteiger partial charge on any atom is 0.270 e. The van der Waals surface area contributed by atoms with E-state index in [0.717, 1.165) is 31.4 Å². The summed E-state index contributed by atoms with van der Waals surface area (Å²) < 4.78 is 5.95. The van der Waals surface area contributed by atoms with Crippen LogP contribution in [-0.2, 0) is 4.79 Å². The average Bonchev–Trinajstić information content (AvgIpc) is 2.92. The molecule has 0 radical (unpaired) electrons. The Labute approximate surface area is 200 Å². The van der Waals surface area contributed by atoms with Crippen molar-refractivity contribution >= 4 is 29.3 Å². The molecular weight excluding hydrogens is 442 g/mol. The van der Waals surface area contributed by atoms with Crippen molar-refractivity contribution in [3.05, 3.63) is 33.9 Å². The van der Waals surface area contributed by atoms with Gasteiger partial charge < -0.3 is 15.0 Å². The van der Waals surface area contributed by atoms with E-state index in [-0.39, 0.29) is 47.7 Å². The summed E-state index contributed by atoms with van der Waals surface area (Å²) in [5, 5.41) is 14.6. The highest BCUT2D eigenvalue weighted by molar-refractivity contribution is 7.98. The van der Waals surface area contributed by atoms with Crippen LogP contribution in [0.25, 0.3) is 0 Å². The highest BCUT2D eigenvalue weighted by atomic mass is 32.2. The van der Waals surface area contributed by atoms with Gasteiger partial charge in [-0.2, -0.15) is 11.8 Å². The molecule has 1 N–H and O–H groups in total. The highest BCUT2D eigenvalue weighted by Crippen LogP contribution is 2.32. The lowest BCUT2D eigenvalue weighted by Gasteiger charge is -2.37. The van der Waals surface area contributed by atoms with Crippen molar-refractivity contribution in [3.8, 4) is 5.75 Å². The maximum absolute atomic E-state index is 13.8. The van der Waals surface area contributed by atoms with E-state index >= 15 is 0 Å². The van der Waals surface area contributed by atoms with Crippen molar-refractivity contribution in [2.75, 3.05) is 18.6 Å². The summed E-state index contributed by atoms with van der Waals surface area (Å²) in [6.45, 7) is 4.33. The van der Waals surface area contributed by atoms with Crippen LogP contribution in [0.3, 0.4) is 0 Å². The monoisotopic (exact) mass is 477 g/mol. The van der Waals surface area contributed by atoms with Crippen LogP contribution in [0.1, 0.15) is 69.2 Å². The molecule has 0 bridgehead atoms. The molecule has 3 rings (SSSR count). The first-order valence-corrected chi connectivity index (χ1v) is 13.2. The molecule has 9 heteroatoms. The summed E-state index contributed by atoms with van der Waals surface area (Å²) in [5.74, 6) is 0.828. The third kappa shape index (κ3) is 6.40. The first-order chi connectivity index (χ1) is 15.8. The van der Waals surface area contributed by atoms with Crippen molar-refractivity contribution < 1.29 is 19.2 Å². The number of non-ortho nitro benzene ring substituents is 1. The molecular formula is C24H35N3O5S.